The molecule has 0 spiro atoms. The van der Waals surface area contributed by atoms with Crippen molar-refractivity contribution in [1.29, 1.82) is 0 Å². The minimum Gasteiger partial charge on any atom is -0.492 e. The second-order valence-electron chi connectivity index (χ2n) is 26.5. The molecule has 1 fully saturated rings. The number of imide groups is 3. The van der Waals surface area contributed by atoms with Gasteiger partial charge < -0.3 is 109 Å². The Morgan fingerprint density at radius 3 is 1.20 bits per heavy atom. The third-order valence-corrected chi connectivity index (χ3v) is 16.9. The van der Waals surface area contributed by atoms with E-state index in [1.807, 2.05) is 6.92 Å². The topological polar surface area (TPSA) is 673 Å². The Labute approximate surface area is 727 Å². The number of nitrogens with two attached hydrogens (primary N) is 5. The lowest BCUT2D eigenvalue weighted by Crippen LogP contribution is -2.35. The largest absolute Gasteiger partial charge is 0.492 e. The highest BCUT2D eigenvalue weighted by Crippen LogP contribution is 2.23. The van der Waals surface area contributed by atoms with Gasteiger partial charge >= 0.3 is 17.9 Å². The molecule has 3 heterocycles. The standard InChI is InChI=1S/C37H46N8O12.C23H28N6O6.C18H23N3O9.C2H7NS/c38-37(39)44-27-3-1-2-24(20-27)35(53)42-23-28(46)21-25(22-34(51)52)36(54)43-26-4-6-29(7-5-26)57-17-13-41-31(48)11-15-55-18-19-56-16-12-40-30(47)10-14-45-32(49)8-9-33(45)50;24-8-9-35-19-6-4-16(5-7-19)28-22(34)15(12-20(31)32)11-18(30)13-27-21(33)14-2-1-3-17(10-14)29-23(25)26;22-13(5-8-20-14(23)1-2-15(20)24)19-7-10-29-12-11-28-9-6-18(27)30-21-16(25)3-4-17(21)26;1-2-3-4/h1-9,20,25H,10-19,21-23H2,(H,40,47)(H,41,48)(H,42,53)(H,43,54)(H,51,52)(H4,38,39,44);1-7,10,15H,8-9,11-13,24H2,(H,27,33)(H,28,34)(H,31,32)(H4,25,26,29);1-2H,3-12H2,(H,19,22);3-4H,2H2,1H3/t;15-;;/m.0../s1. The van der Waals surface area contributed by atoms with Crippen LogP contribution < -0.4 is 80.1 Å². The van der Waals surface area contributed by atoms with E-state index in [0.29, 0.717) is 52.5 Å². The van der Waals surface area contributed by atoms with Gasteiger partial charge in [0.2, 0.25) is 29.5 Å². The second kappa shape index (κ2) is 59.0. The number of ether oxygens (including phenoxy) is 6. The number of aliphatic carboxylic acids is 2. The number of carbonyl (C=O) groups excluding carboxylic acids is 16. The minimum absolute atomic E-state index is 0.00623. The molecule has 0 aromatic heterocycles. The summed E-state index contributed by atoms with van der Waals surface area (Å²) in [6.07, 6.45) is 2.74. The van der Waals surface area contributed by atoms with Gasteiger partial charge in [0, 0.05) is 131 Å². The van der Waals surface area contributed by atoms with Gasteiger partial charge in [0.1, 0.15) is 24.7 Å². The van der Waals surface area contributed by atoms with Gasteiger partial charge in [0.05, 0.1) is 115 Å². The number of benzene rings is 4. The number of carboxylic acid groups (broad SMARTS) is 2. The van der Waals surface area contributed by atoms with Crippen molar-refractivity contribution in [3.63, 3.8) is 0 Å². The summed E-state index contributed by atoms with van der Waals surface area (Å²) in [7, 11) is 0. The number of hydrogen-bond donors (Lipinski definition) is 16. The van der Waals surface area contributed by atoms with Gasteiger partial charge in [-0.15, -0.1) is 5.06 Å². The van der Waals surface area contributed by atoms with Crippen molar-refractivity contribution >= 4 is 154 Å². The first-order chi connectivity index (χ1) is 60.3. The number of guanidine groups is 2. The summed E-state index contributed by atoms with van der Waals surface area (Å²) in [5.74, 6) is -12.2. The molecule has 0 radical (unpaired) electrons. The Morgan fingerprint density at radius 1 is 0.460 bits per heavy atom. The monoisotopic (exact) mass is 1780 g/mol. The van der Waals surface area contributed by atoms with Gasteiger partial charge in [-0.1, -0.05) is 31.9 Å². The number of amides is 13. The van der Waals surface area contributed by atoms with Crippen LogP contribution in [0, 0.1) is 11.8 Å². The predicted octanol–water partition coefficient (Wildman–Crippen LogP) is -1.40. The van der Waals surface area contributed by atoms with Crippen LogP contribution in [0.3, 0.4) is 0 Å². The smallest absolute Gasteiger partial charge is 0.335 e. The maximum atomic E-state index is 12.9. The quantitative estimate of drug-likeness (QED) is 0.00794. The van der Waals surface area contributed by atoms with Crippen molar-refractivity contribution in [3.8, 4) is 11.5 Å². The average Bonchev–Trinajstić information content (AvgIpc) is 1.53. The summed E-state index contributed by atoms with van der Waals surface area (Å²) in [6, 6.07) is 24.8. The van der Waals surface area contributed by atoms with Crippen molar-refractivity contribution in [1.82, 2.24) is 46.2 Å². The summed E-state index contributed by atoms with van der Waals surface area (Å²) in [5.41, 5.74) is 28.6. The lowest BCUT2D eigenvalue weighted by molar-refractivity contribution is -0.198. The minimum atomic E-state index is -1.28. The number of rotatable bonds is 53. The van der Waals surface area contributed by atoms with E-state index < -0.39 is 126 Å². The molecule has 46 heteroatoms. The van der Waals surface area contributed by atoms with Crippen LogP contribution in [-0.4, -0.2) is 268 Å². The van der Waals surface area contributed by atoms with Crippen LogP contribution in [0.5, 0.6) is 11.5 Å². The highest BCUT2D eigenvalue weighted by atomic mass is 32.1. The zero-order valence-corrected chi connectivity index (χ0v) is 69.8. The normalized spacial score (nSPS) is 12.7. The van der Waals surface area contributed by atoms with Crippen LogP contribution >= 0.6 is 12.8 Å². The third-order valence-electron chi connectivity index (χ3n) is 16.6. The first kappa shape index (κ1) is 104. The molecule has 4 aromatic rings. The molecule has 0 aliphatic carbocycles. The van der Waals surface area contributed by atoms with E-state index in [1.54, 1.807) is 60.7 Å². The molecule has 0 bridgehead atoms. The number of carboxylic acids is 2. The third kappa shape index (κ3) is 43.7. The fraction of sp³-hybridized carbons (Fsp3) is 0.400. The fourth-order valence-electron chi connectivity index (χ4n) is 10.5. The highest BCUT2D eigenvalue weighted by Gasteiger charge is 2.33. The average molecular weight is 1780 g/mol. The Bertz CT molecular complexity index is 4470. The van der Waals surface area contributed by atoms with E-state index in [2.05, 4.69) is 69.6 Å². The summed E-state index contributed by atoms with van der Waals surface area (Å²) in [4.78, 5) is 228. The van der Waals surface area contributed by atoms with E-state index in [-0.39, 0.29) is 184 Å². The van der Waals surface area contributed by atoms with Gasteiger partial charge in [-0.25, -0.2) is 14.8 Å². The molecule has 45 nitrogen and oxygen atoms in total. The number of ketones is 2. The maximum absolute atomic E-state index is 12.9. The van der Waals surface area contributed by atoms with Crippen LogP contribution in [0.2, 0.25) is 0 Å². The number of hydroxylamine groups is 2. The fourth-order valence-corrected chi connectivity index (χ4v) is 10.5. The van der Waals surface area contributed by atoms with Crippen molar-refractivity contribution in [2.45, 2.75) is 71.1 Å². The van der Waals surface area contributed by atoms with E-state index in [1.165, 1.54) is 36.4 Å². The molecule has 4 aromatic carbocycles. The molecule has 2 atom stereocenters. The number of nitrogens with one attached hydrogen (secondary N) is 8. The van der Waals surface area contributed by atoms with Gasteiger partial charge in [0.15, 0.2) is 23.5 Å². The molecular formula is C80H104N18O27S. The number of thiol groups is 1. The highest BCUT2D eigenvalue weighted by molar-refractivity contribution is 7.78. The van der Waals surface area contributed by atoms with E-state index in [0.717, 1.165) is 40.6 Å². The molecular weight excluding hydrogens is 1680 g/mol. The van der Waals surface area contributed by atoms with Crippen molar-refractivity contribution in [3.05, 3.63) is 132 Å². The first-order valence-electron chi connectivity index (χ1n) is 39.1. The maximum Gasteiger partial charge on any atom is 0.335 e. The van der Waals surface area contributed by atoms with Crippen LogP contribution in [-0.2, 0) is 100 Å². The number of anilines is 2. The summed E-state index contributed by atoms with van der Waals surface area (Å²) in [6.45, 7) is 5.29. The van der Waals surface area contributed by atoms with E-state index in [4.69, 9.17) is 62.2 Å². The Balaban J connectivity index is 0.000000412. The summed E-state index contributed by atoms with van der Waals surface area (Å²) in [5, 5.41) is 37.0. The Morgan fingerprint density at radius 2 is 0.825 bits per heavy atom. The van der Waals surface area contributed by atoms with Gasteiger partial charge in [-0.3, -0.25) is 96.0 Å². The molecule has 1 saturated heterocycles. The van der Waals surface area contributed by atoms with Gasteiger partial charge in [-0.2, -0.15) is 0 Å². The Kier molecular flexibility index (Phi) is 48.9. The van der Waals surface area contributed by atoms with Crippen molar-refractivity contribution in [2.24, 2.45) is 50.5 Å². The van der Waals surface area contributed by atoms with Crippen LogP contribution in [0.4, 0.5) is 22.7 Å². The number of aliphatic imine (C=N–C) groups is 2. The molecule has 13 amide bonds. The number of carbonyl (C=O) groups is 18. The zero-order valence-electron chi connectivity index (χ0n) is 68.9. The molecule has 0 saturated carbocycles. The lowest BCUT2D eigenvalue weighted by atomic mass is 9.97. The predicted molar refractivity (Wildman–Crippen MR) is 452 cm³/mol. The molecule has 126 heavy (non-hydrogen) atoms. The van der Waals surface area contributed by atoms with Gasteiger partial charge in [0.25, 0.3) is 47.3 Å². The molecule has 7 rings (SSSR count). The molecule has 20 N–H and O–H groups in total. The molecule has 682 valence electrons. The van der Waals surface area contributed by atoms with Crippen molar-refractivity contribution in [2.75, 3.05) is 136 Å². The number of Topliss-reactive ketones (excluding diaryl/α,β-unsaturated/α-hetero) is 2. The second-order valence-corrected chi connectivity index (χ2v) is 26.8. The molecule has 3 aliphatic heterocycles. The molecule has 1 unspecified atom stereocenters. The van der Waals surface area contributed by atoms with Gasteiger partial charge in [-0.05, 0) is 84.9 Å². The van der Waals surface area contributed by atoms with Crippen LogP contribution in [0.15, 0.2) is 131 Å². The van der Waals surface area contributed by atoms with E-state index in [9.17, 15) is 91.4 Å². The number of hydrogen-bond acceptors (Lipinski definition) is 30. The first-order valence-corrected chi connectivity index (χ1v) is 39.5. The zero-order chi connectivity index (χ0) is 92.7. The Hall–Kier alpha value is -13.9. The van der Waals surface area contributed by atoms with Crippen molar-refractivity contribution < 1.29 is 130 Å². The lowest BCUT2D eigenvalue weighted by Gasteiger charge is -2.15. The number of nitrogens with zero attached hydrogens (tertiary/aromatic N) is 5. The van der Waals surface area contributed by atoms with Crippen LogP contribution in [0.25, 0.3) is 0 Å². The SMILES string of the molecule is CCNS.NC(N)=Nc1cccc(C(=O)NCC(=O)CC(CC(=O)O)C(=O)Nc2ccc(OCCNC(=O)CCOCCOCCNC(=O)CCN3C(=O)C=CC3=O)cc2)c1.NCCOc1ccc(NC(=O)[C@H](CC(=O)O)CC(=O)CNC(=O)c2cccc(N=C(N)N)c2)cc1.O=C(CCN1C(=O)C=CC1=O)NCCOCCOCCC(=O)ON1C(=O)CCC1=O. The molecule has 3 aliphatic rings. The van der Waals surface area contributed by atoms with E-state index >= 15 is 0 Å². The summed E-state index contributed by atoms with van der Waals surface area (Å²) >= 11 is 3.67. The van der Waals surface area contributed by atoms with Crippen LogP contribution in [0.1, 0.15) is 91.8 Å². The summed E-state index contributed by atoms with van der Waals surface area (Å²) < 4.78 is 34.8.